The summed E-state index contributed by atoms with van der Waals surface area (Å²) >= 11 is 11.7. The summed E-state index contributed by atoms with van der Waals surface area (Å²) in [5, 5.41) is 13.6. The van der Waals surface area contributed by atoms with Crippen LogP contribution in [-0.2, 0) is 9.53 Å². The van der Waals surface area contributed by atoms with Gasteiger partial charge in [0.25, 0.3) is 11.6 Å². The number of nitrogens with one attached hydrogen (secondary N) is 1. The van der Waals surface area contributed by atoms with Gasteiger partial charge >= 0.3 is 5.97 Å². The van der Waals surface area contributed by atoms with Crippen molar-refractivity contribution in [3.8, 4) is 0 Å². The largest absolute Gasteiger partial charge is 0.452 e. The fraction of sp³-hybridized carbons (Fsp3) is 0.125. The molecule has 0 saturated heterocycles. The maximum absolute atomic E-state index is 12.0. The van der Waals surface area contributed by atoms with E-state index in [4.69, 9.17) is 27.9 Å². The second-order valence-corrected chi connectivity index (χ2v) is 5.72. The van der Waals surface area contributed by atoms with E-state index in [2.05, 4.69) is 5.32 Å². The highest BCUT2D eigenvalue weighted by Crippen LogP contribution is 2.26. The third-order valence-corrected chi connectivity index (χ3v) is 4.10. The number of hydrogen-bond donors (Lipinski definition) is 1. The Morgan fingerprint density at radius 1 is 1.20 bits per heavy atom. The minimum atomic E-state index is -0.807. The molecule has 2 rings (SSSR count). The number of carbonyl (C=O) groups excluding carboxylic acids is 2. The molecule has 0 spiro atoms. The maximum Gasteiger partial charge on any atom is 0.340 e. The van der Waals surface area contributed by atoms with Crippen molar-refractivity contribution in [2.75, 3.05) is 11.9 Å². The molecule has 0 aliphatic heterocycles. The van der Waals surface area contributed by atoms with E-state index in [1.165, 1.54) is 43.3 Å². The molecule has 0 saturated carbocycles. The topological polar surface area (TPSA) is 98.5 Å². The van der Waals surface area contributed by atoms with Crippen molar-refractivity contribution >= 4 is 46.5 Å². The van der Waals surface area contributed by atoms with Gasteiger partial charge in [0, 0.05) is 6.07 Å². The number of rotatable bonds is 5. The zero-order valence-corrected chi connectivity index (χ0v) is 14.4. The monoisotopic (exact) mass is 382 g/mol. The van der Waals surface area contributed by atoms with E-state index in [1.807, 2.05) is 0 Å². The van der Waals surface area contributed by atoms with Crippen LogP contribution in [-0.4, -0.2) is 23.4 Å². The first-order valence-corrected chi connectivity index (χ1v) is 7.72. The smallest absolute Gasteiger partial charge is 0.340 e. The van der Waals surface area contributed by atoms with E-state index in [0.29, 0.717) is 5.56 Å². The molecule has 9 heteroatoms. The lowest BCUT2D eigenvalue weighted by molar-refractivity contribution is -0.385. The number of nitrogens with zero attached hydrogens (tertiary/aromatic N) is 1. The second-order valence-electron chi connectivity index (χ2n) is 4.93. The maximum atomic E-state index is 12.0. The lowest BCUT2D eigenvalue weighted by Crippen LogP contribution is -2.21. The molecule has 1 N–H and O–H groups in total. The summed E-state index contributed by atoms with van der Waals surface area (Å²) in [5.74, 6) is -1.45. The number of nitro benzene ring substituents is 1. The van der Waals surface area contributed by atoms with Gasteiger partial charge < -0.3 is 10.1 Å². The van der Waals surface area contributed by atoms with Crippen molar-refractivity contribution in [2.24, 2.45) is 0 Å². The number of anilines is 1. The predicted molar refractivity (Wildman–Crippen MR) is 93.2 cm³/mol. The molecule has 7 nitrogen and oxygen atoms in total. The number of halogens is 2. The van der Waals surface area contributed by atoms with Crippen LogP contribution < -0.4 is 5.32 Å². The van der Waals surface area contributed by atoms with E-state index < -0.39 is 23.4 Å². The molecule has 2 aromatic carbocycles. The van der Waals surface area contributed by atoms with Gasteiger partial charge in [-0.2, -0.15) is 0 Å². The van der Waals surface area contributed by atoms with Crippen LogP contribution in [0, 0.1) is 17.0 Å². The molecule has 0 aliphatic rings. The summed E-state index contributed by atoms with van der Waals surface area (Å²) < 4.78 is 4.89. The third-order valence-electron chi connectivity index (χ3n) is 3.28. The average molecular weight is 383 g/mol. The summed E-state index contributed by atoms with van der Waals surface area (Å²) in [6, 6.07) is 8.73. The summed E-state index contributed by atoms with van der Waals surface area (Å²) in [4.78, 5) is 34.2. The summed E-state index contributed by atoms with van der Waals surface area (Å²) in [6.45, 7) is 0.926. The highest BCUT2D eigenvalue weighted by atomic mass is 35.5. The van der Waals surface area contributed by atoms with Crippen LogP contribution in [0.5, 0.6) is 0 Å². The van der Waals surface area contributed by atoms with E-state index in [1.54, 1.807) is 0 Å². The Hall–Kier alpha value is -2.64. The van der Waals surface area contributed by atoms with Gasteiger partial charge in [-0.15, -0.1) is 0 Å². The predicted octanol–water partition coefficient (Wildman–Crippen LogP) is 4.01. The minimum Gasteiger partial charge on any atom is -0.452 e. The Labute approximate surface area is 152 Å². The van der Waals surface area contributed by atoms with Gasteiger partial charge in [-0.3, -0.25) is 14.9 Å². The van der Waals surface area contributed by atoms with Crippen LogP contribution in [0.15, 0.2) is 36.4 Å². The Balaban J connectivity index is 2.02. The van der Waals surface area contributed by atoms with Crippen LogP contribution in [0.2, 0.25) is 10.0 Å². The zero-order valence-electron chi connectivity index (χ0n) is 12.9. The highest BCUT2D eigenvalue weighted by Gasteiger charge is 2.17. The number of carbonyl (C=O) groups is 2. The molecule has 130 valence electrons. The average Bonchev–Trinajstić information content (AvgIpc) is 2.56. The van der Waals surface area contributed by atoms with Gasteiger partial charge in [0.15, 0.2) is 6.61 Å². The van der Waals surface area contributed by atoms with Crippen LogP contribution in [0.1, 0.15) is 15.9 Å². The van der Waals surface area contributed by atoms with Crippen LogP contribution in [0.4, 0.5) is 11.4 Å². The van der Waals surface area contributed by atoms with E-state index in [-0.39, 0.29) is 27.0 Å². The van der Waals surface area contributed by atoms with Crippen molar-refractivity contribution in [2.45, 2.75) is 6.92 Å². The van der Waals surface area contributed by atoms with Gasteiger partial charge in [-0.05, 0) is 25.1 Å². The molecular formula is C16H12Cl2N2O5. The molecule has 25 heavy (non-hydrogen) atoms. The van der Waals surface area contributed by atoms with Crippen LogP contribution >= 0.6 is 23.2 Å². The summed E-state index contributed by atoms with van der Waals surface area (Å²) in [6.07, 6.45) is 0. The molecule has 0 atom stereocenters. The SMILES string of the molecule is Cc1c(NC(=O)COC(=O)c2cccc(Cl)c2Cl)cccc1[N+](=O)[O-]. The van der Waals surface area contributed by atoms with E-state index in [9.17, 15) is 19.7 Å². The fourth-order valence-corrected chi connectivity index (χ4v) is 2.39. The summed E-state index contributed by atoms with van der Waals surface area (Å²) in [7, 11) is 0. The molecular weight excluding hydrogens is 371 g/mol. The van der Waals surface area contributed by atoms with Crippen molar-refractivity contribution < 1.29 is 19.2 Å². The molecule has 0 aromatic heterocycles. The number of hydrogen-bond acceptors (Lipinski definition) is 5. The number of esters is 1. The Morgan fingerprint density at radius 3 is 2.56 bits per heavy atom. The lowest BCUT2D eigenvalue weighted by Gasteiger charge is -2.10. The number of nitro groups is 1. The van der Waals surface area contributed by atoms with Crippen molar-refractivity contribution in [1.29, 1.82) is 0 Å². The van der Waals surface area contributed by atoms with Crippen molar-refractivity contribution in [3.63, 3.8) is 0 Å². The number of ether oxygens (including phenoxy) is 1. The minimum absolute atomic E-state index is 0.0316. The molecule has 0 bridgehead atoms. The molecule has 0 heterocycles. The van der Waals surface area contributed by atoms with Gasteiger partial charge in [0.1, 0.15) is 0 Å². The van der Waals surface area contributed by atoms with Gasteiger partial charge in [0.2, 0.25) is 0 Å². The number of benzene rings is 2. The van der Waals surface area contributed by atoms with Crippen LogP contribution in [0.3, 0.4) is 0 Å². The first kappa shape index (κ1) is 18.7. The van der Waals surface area contributed by atoms with Crippen LogP contribution in [0.25, 0.3) is 0 Å². The first-order chi connectivity index (χ1) is 11.8. The molecule has 0 aliphatic carbocycles. The summed E-state index contributed by atoms with van der Waals surface area (Å²) in [5.41, 5.74) is 0.468. The van der Waals surface area contributed by atoms with Gasteiger partial charge in [0.05, 0.1) is 31.8 Å². The fourth-order valence-electron chi connectivity index (χ4n) is 2.01. The Kier molecular flexibility index (Phi) is 5.95. The molecule has 2 aromatic rings. The molecule has 0 unspecified atom stereocenters. The van der Waals surface area contributed by atoms with E-state index >= 15 is 0 Å². The van der Waals surface area contributed by atoms with Gasteiger partial charge in [-0.1, -0.05) is 35.3 Å². The molecule has 1 amide bonds. The normalized spacial score (nSPS) is 10.2. The molecule has 0 fully saturated rings. The first-order valence-electron chi connectivity index (χ1n) is 6.96. The Morgan fingerprint density at radius 2 is 1.88 bits per heavy atom. The quantitative estimate of drug-likeness (QED) is 0.478. The second kappa shape index (κ2) is 7.96. The Bertz CT molecular complexity index is 854. The number of amides is 1. The van der Waals surface area contributed by atoms with E-state index in [0.717, 1.165) is 0 Å². The third kappa shape index (κ3) is 4.46. The lowest BCUT2D eigenvalue weighted by atomic mass is 10.1. The zero-order chi connectivity index (χ0) is 18.6. The van der Waals surface area contributed by atoms with Crippen molar-refractivity contribution in [3.05, 3.63) is 67.7 Å². The molecule has 0 radical (unpaired) electrons. The standard InChI is InChI=1S/C16H12Cl2N2O5/c1-9-12(6-3-7-13(9)20(23)24)19-14(21)8-25-16(22)10-4-2-5-11(17)15(10)18/h2-7H,8H2,1H3,(H,19,21). The van der Waals surface area contributed by atoms with Gasteiger partial charge in [-0.25, -0.2) is 4.79 Å². The van der Waals surface area contributed by atoms with Crippen molar-refractivity contribution in [1.82, 2.24) is 0 Å². The highest BCUT2D eigenvalue weighted by molar-refractivity contribution is 6.43.